The number of aliphatic imine (C=N–C) groups is 1. The van der Waals surface area contributed by atoms with Crippen LogP contribution < -0.4 is 0 Å². The van der Waals surface area contributed by atoms with Crippen molar-refractivity contribution in [2.75, 3.05) is 11.0 Å². The molecule has 0 amide bonds. The lowest BCUT2D eigenvalue weighted by molar-refractivity contribution is 0.193. The molecular weight excluding hydrogens is 289 g/mol. The highest BCUT2D eigenvalue weighted by molar-refractivity contribution is 14.1. The molecular formula is C11H12INO. The van der Waals surface area contributed by atoms with Crippen LogP contribution >= 0.6 is 22.6 Å². The van der Waals surface area contributed by atoms with Gasteiger partial charge in [0.05, 0.1) is 0 Å². The van der Waals surface area contributed by atoms with Crippen LogP contribution in [0, 0.1) is 0 Å². The normalized spacial score (nSPS) is 21.2. The van der Waals surface area contributed by atoms with Crippen LogP contribution in [0.5, 0.6) is 0 Å². The van der Waals surface area contributed by atoms with Crippen molar-refractivity contribution in [3.05, 3.63) is 35.9 Å². The van der Waals surface area contributed by atoms with Crippen molar-refractivity contribution in [1.82, 2.24) is 0 Å². The molecule has 14 heavy (non-hydrogen) atoms. The fourth-order valence-electron chi connectivity index (χ4n) is 1.41. The molecule has 0 saturated carbocycles. The molecule has 1 aliphatic heterocycles. The van der Waals surface area contributed by atoms with Crippen molar-refractivity contribution in [3.63, 3.8) is 0 Å². The predicted molar refractivity (Wildman–Crippen MR) is 66.2 cm³/mol. The molecule has 0 fully saturated rings. The van der Waals surface area contributed by atoms with E-state index in [9.17, 15) is 0 Å². The Labute approximate surface area is 97.5 Å². The number of ether oxygens (including phenoxy) is 1. The minimum absolute atomic E-state index is 0.336. The fraction of sp³-hybridized carbons (Fsp3) is 0.364. The number of rotatable bonds is 2. The third-order valence-electron chi connectivity index (χ3n) is 2.18. The van der Waals surface area contributed by atoms with Gasteiger partial charge in [-0.1, -0.05) is 40.8 Å². The van der Waals surface area contributed by atoms with E-state index in [1.165, 1.54) is 0 Å². The maximum atomic E-state index is 5.76. The quantitative estimate of drug-likeness (QED) is 0.608. The van der Waals surface area contributed by atoms with Gasteiger partial charge in [-0.3, -0.25) is 4.99 Å². The summed E-state index contributed by atoms with van der Waals surface area (Å²) in [4.78, 5) is 4.39. The molecule has 0 saturated heterocycles. The van der Waals surface area contributed by atoms with Gasteiger partial charge in [-0.2, -0.15) is 0 Å². The van der Waals surface area contributed by atoms with E-state index in [2.05, 4.69) is 27.6 Å². The molecule has 0 N–H and O–H groups in total. The lowest BCUT2D eigenvalue weighted by Crippen LogP contribution is -2.25. The van der Waals surface area contributed by atoms with E-state index in [0.29, 0.717) is 6.10 Å². The van der Waals surface area contributed by atoms with E-state index < -0.39 is 0 Å². The summed E-state index contributed by atoms with van der Waals surface area (Å²) in [6.45, 7) is 0.887. The first-order valence-corrected chi connectivity index (χ1v) is 6.25. The first kappa shape index (κ1) is 9.96. The van der Waals surface area contributed by atoms with Gasteiger partial charge >= 0.3 is 0 Å². The molecule has 3 heteroatoms. The summed E-state index contributed by atoms with van der Waals surface area (Å²) >= 11 is 2.36. The van der Waals surface area contributed by atoms with Gasteiger partial charge < -0.3 is 4.74 Å². The first-order valence-electron chi connectivity index (χ1n) is 4.72. The van der Waals surface area contributed by atoms with Crippen LogP contribution in [0.3, 0.4) is 0 Å². The molecule has 1 aliphatic rings. The Balaban J connectivity index is 2.16. The summed E-state index contributed by atoms with van der Waals surface area (Å²) in [5.74, 6) is 0.804. The van der Waals surface area contributed by atoms with E-state index in [1.54, 1.807) is 0 Å². The summed E-state index contributed by atoms with van der Waals surface area (Å²) in [6, 6.07) is 10.1. The number of hydrogen-bond donors (Lipinski definition) is 0. The molecule has 0 bridgehead atoms. The van der Waals surface area contributed by atoms with Gasteiger partial charge in [-0.15, -0.1) is 0 Å². The molecule has 1 aromatic carbocycles. The number of alkyl halides is 1. The van der Waals surface area contributed by atoms with Gasteiger partial charge in [0.15, 0.2) is 0 Å². The Morgan fingerprint density at radius 1 is 1.36 bits per heavy atom. The SMILES string of the molecule is ICC1CCN=C(c2ccccc2)O1. The third kappa shape index (κ3) is 2.26. The van der Waals surface area contributed by atoms with Crippen LogP contribution in [0.2, 0.25) is 0 Å². The highest BCUT2D eigenvalue weighted by Crippen LogP contribution is 2.14. The molecule has 1 unspecified atom stereocenters. The van der Waals surface area contributed by atoms with E-state index in [4.69, 9.17) is 4.74 Å². The molecule has 0 spiro atoms. The van der Waals surface area contributed by atoms with Crippen LogP contribution in [0.1, 0.15) is 12.0 Å². The van der Waals surface area contributed by atoms with Crippen molar-refractivity contribution in [2.45, 2.75) is 12.5 Å². The van der Waals surface area contributed by atoms with Crippen molar-refractivity contribution in [1.29, 1.82) is 0 Å². The molecule has 1 atom stereocenters. The summed E-state index contributed by atoms with van der Waals surface area (Å²) in [5.41, 5.74) is 1.09. The van der Waals surface area contributed by atoms with Crippen LogP contribution in [0.15, 0.2) is 35.3 Å². The Morgan fingerprint density at radius 2 is 2.14 bits per heavy atom. The summed E-state index contributed by atoms with van der Waals surface area (Å²) in [6.07, 6.45) is 1.38. The molecule has 0 aliphatic carbocycles. The molecule has 0 radical (unpaired) electrons. The number of hydrogen-bond acceptors (Lipinski definition) is 2. The largest absolute Gasteiger partial charge is 0.473 e. The Bertz CT molecular complexity index is 323. The van der Waals surface area contributed by atoms with E-state index in [0.717, 1.165) is 28.9 Å². The van der Waals surface area contributed by atoms with Gasteiger partial charge in [0.25, 0.3) is 0 Å². The summed E-state index contributed by atoms with van der Waals surface area (Å²) < 4.78 is 6.80. The second kappa shape index (κ2) is 4.77. The number of benzene rings is 1. The fourth-order valence-corrected chi connectivity index (χ4v) is 2.03. The molecule has 74 valence electrons. The monoisotopic (exact) mass is 301 g/mol. The molecule has 2 nitrogen and oxygen atoms in total. The van der Waals surface area contributed by atoms with E-state index in [-0.39, 0.29) is 0 Å². The standard InChI is InChI=1S/C11H12INO/c12-8-10-6-7-13-11(14-10)9-4-2-1-3-5-9/h1-5,10H,6-8H2. The zero-order valence-corrected chi connectivity index (χ0v) is 9.98. The average molecular weight is 301 g/mol. The van der Waals surface area contributed by atoms with Gasteiger partial charge in [-0.25, -0.2) is 0 Å². The van der Waals surface area contributed by atoms with Gasteiger partial charge in [0, 0.05) is 23.0 Å². The van der Waals surface area contributed by atoms with Gasteiger partial charge in [-0.05, 0) is 12.1 Å². The van der Waals surface area contributed by atoms with E-state index >= 15 is 0 Å². The summed E-state index contributed by atoms with van der Waals surface area (Å²) in [5, 5.41) is 0. The van der Waals surface area contributed by atoms with Crippen molar-refractivity contribution in [3.8, 4) is 0 Å². The maximum Gasteiger partial charge on any atom is 0.216 e. The first-order chi connectivity index (χ1) is 6.90. The average Bonchev–Trinajstić information content (AvgIpc) is 2.30. The lowest BCUT2D eigenvalue weighted by atomic mass is 10.2. The molecule has 1 heterocycles. The maximum absolute atomic E-state index is 5.76. The van der Waals surface area contributed by atoms with Crippen molar-refractivity contribution >= 4 is 28.5 Å². The molecule has 1 aromatic rings. The minimum atomic E-state index is 0.336. The third-order valence-corrected chi connectivity index (χ3v) is 3.16. The second-order valence-corrected chi connectivity index (χ2v) is 4.12. The van der Waals surface area contributed by atoms with Crippen LogP contribution in [-0.4, -0.2) is 23.0 Å². The second-order valence-electron chi connectivity index (χ2n) is 3.24. The van der Waals surface area contributed by atoms with E-state index in [1.807, 2.05) is 30.3 Å². The smallest absolute Gasteiger partial charge is 0.216 e. The van der Waals surface area contributed by atoms with Crippen LogP contribution in [-0.2, 0) is 4.74 Å². The zero-order valence-electron chi connectivity index (χ0n) is 7.82. The van der Waals surface area contributed by atoms with Crippen molar-refractivity contribution in [2.24, 2.45) is 4.99 Å². The Hall–Kier alpha value is -0.580. The number of halogens is 1. The highest BCUT2D eigenvalue weighted by Gasteiger charge is 2.17. The van der Waals surface area contributed by atoms with Crippen LogP contribution in [0.25, 0.3) is 0 Å². The molecule has 0 aromatic heterocycles. The van der Waals surface area contributed by atoms with Crippen LogP contribution in [0.4, 0.5) is 0 Å². The van der Waals surface area contributed by atoms with Gasteiger partial charge in [0.1, 0.15) is 6.10 Å². The highest BCUT2D eigenvalue weighted by atomic mass is 127. The Morgan fingerprint density at radius 3 is 2.86 bits per heavy atom. The minimum Gasteiger partial charge on any atom is -0.473 e. The topological polar surface area (TPSA) is 21.6 Å². The lowest BCUT2D eigenvalue weighted by Gasteiger charge is -2.21. The van der Waals surface area contributed by atoms with Crippen molar-refractivity contribution < 1.29 is 4.74 Å². The zero-order chi connectivity index (χ0) is 9.80. The molecule has 2 rings (SSSR count). The number of nitrogens with zero attached hydrogens (tertiary/aromatic N) is 1. The van der Waals surface area contributed by atoms with Gasteiger partial charge in [0.2, 0.25) is 5.90 Å². The Kier molecular flexibility index (Phi) is 3.39. The predicted octanol–water partition coefficient (Wildman–Crippen LogP) is 2.66. The summed E-state index contributed by atoms with van der Waals surface area (Å²) in [7, 11) is 0.